The lowest BCUT2D eigenvalue weighted by atomic mass is 10.1. The number of methoxy groups -OCH3 is 2. The van der Waals surface area contributed by atoms with Crippen molar-refractivity contribution in [3.63, 3.8) is 0 Å². The van der Waals surface area contributed by atoms with Crippen LogP contribution in [0.15, 0.2) is 12.1 Å². The van der Waals surface area contributed by atoms with Gasteiger partial charge in [0.15, 0.2) is 11.5 Å². The van der Waals surface area contributed by atoms with Crippen molar-refractivity contribution in [2.24, 2.45) is 0 Å². The molecule has 0 radical (unpaired) electrons. The molecule has 76 valence electrons. The number of carbonyl (C=O) groups is 1. The number of carbonyl (C=O) groups excluding carboxylic acids is 1. The van der Waals surface area contributed by atoms with E-state index in [1.54, 1.807) is 13.0 Å². The van der Waals surface area contributed by atoms with Gasteiger partial charge in [0.1, 0.15) is 0 Å². The predicted molar refractivity (Wildman–Crippen MR) is 50.7 cm³/mol. The Morgan fingerprint density at radius 1 is 1.36 bits per heavy atom. The molecule has 4 heteroatoms. The average Bonchev–Trinajstić information content (AvgIpc) is 2.19. The zero-order valence-corrected chi connectivity index (χ0v) is 8.33. The summed E-state index contributed by atoms with van der Waals surface area (Å²) in [6.45, 7) is 1.74. The van der Waals surface area contributed by atoms with Crippen molar-refractivity contribution in [1.29, 1.82) is 0 Å². The minimum Gasteiger partial charge on any atom is -0.504 e. The van der Waals surface area contributed by atoms with Crippen LogP contribution in [0.2, 0.25) is 0 Å². The van der Waals surface area contributed by atoms with Gasteiger partial charge in [-0.25, -0.2) is 4.79 Å². The summed E-state index contributed by atoms with van der Waals surface area (Å²) in [6, 6.07) is 2.92. The molecule has 1 aromatic rings. The van der Waals surface area contributed by atoms with Crippen LogP contribution in [-0.4, -0.2) is 25.3 Å². The molecule has 0 saturated heterocycles. The monoisotopic (exact) mass is 196 g/mol. The third kappa shape index (κ3) is 1.79. The maximum Gasteiger partial charge on any atom is 0.338 e. The standard InChI is InChI=1S/C10H12O4/c1-6-4-9(13-2)8(11)5-7(6)10(12)14-3/h4-5,11H,1-3H3. The second kappa shape index (κ2) is 4.00. The lowest BCUT2D eigenvalue weighted by Gasteiger charge is -2.08. The number of rotatable bonds is 2. The van der Waals surface area contributed by atoms with E-state index >= 15 is 0 Å². The van der Waals surface area contributed by atoms with E-state index in [0.717, 1.165) is 0 Å². The van der Waals surface area contributed by atoms with Crippen LogP contribution in [0.5, 0.6) is 11.5 Å². The molecule has 14 heavy (non-hydrogen) atoms. The first kappa shape index (κ1) is 10.4. The second-order valence-corrected chi connectivity index (χ2v) is 2.83. The zero-order chi connectivity index (χ0) is 10.7. The minimum atomic E-state index is -0.472. The van der Waals surface area contributed by atoms with Crippen molar-refractivity contribution in [2.75, 3.05) is 14.2 Å². The molecule has 1 rings (SSSR count). The fourth-order valence-electron chi connectivity index (χ4n) is 1.16. The normalized spacial score (nSPS) is 9.64. The summed E-state index contributed by atoms with van der Waals surface area (Å²) in [5.41, 5.74) is 1.04. The fourth-order valence-corrected chi connectivity index (χ4v) is 1.16. The summed E-state index contributed by atoms with van der Waals surface area (Å²) in [4.78, 5) is 11.2. The van der Waals surface area contributed by atoms with Crippen molar-refractivity contribution in [2.45, 2.75) is 6.92 Å². The summed E-state index contributed by atoms with van der Waals surface area (Å²) < 4.78 is 9.45. The van der Waals surface area contributed by atoms with E-state index in [1.165, 1.54) is 20.3 Å². The molecular weight excluding hydrogens is 184 g/mol. The van der Waals surface area contributed by atoms with Crippen LogP contribution in [-0.2, 0) is 4.74 Å². The fraction of sp³-hybridized carbons (Fsp3) is 0.300. The number of phenolic OH excluding ortho intramolecular Hbond substituents is 1. The quantitative estimate of drug-likeness (QED) is 0.728. The lowest BCUT2D eigenvalue weighted by Crippen LogP contribution is -2.03. The third-order valence-electron chi connectivity index (χ3n) is 1.93. The molecule has 0 unspecified atom stereocenters. The molecule has 4 nitrogen and oxygen atoms in total. The SMILES string of the molecule is COC(=O)c1cc(O)c(OC)cc1C. The number of aryl methyl sites for hydroxylation is 1. The van der Waals surface area contributed by atoms with Gasteiger partial charge in [0.2, 0.25) is 0 Å². The molecule has 1 N–H and O–H groups in total. The van der Waals surface area contributed by atoms with E-state index in [0.29, 0.717) is 16.9 Å². The van der Waals surface area contributed by atoms with Gasteiger partial charge in [-0.3, -0.25) is 0 Å². The van der Waals surface area contributed by atoms with Gasteiger partial charge in [-0.2, -0.15) is 0 Å². The van der Waals surface area contributed by atoms with Crippen LogP contribution >= 0.6 is 0 Å². The maximum atomic E-state index is 11.2. The highest BCUT2D eigenvalue weighted by atomic mass is 16.5. The van der Waals surface area contributed by atoms with Gasteiger partial charge < -0.3 is 14.6 Å². The summed E-state index contributed by atoms with van der Waals surface area (Å²) in [6.07, 6.45) is 0. The van der Waals surface area contributed by atoms with Crippen molar-refractivity contribution in [3.8, 4) is 11.5 Å². The van der Waals surface area contributed by atoms with Gasteiger partial charge in [-0.05, 0) is 24.6 Å². The first-order valence-corrected chi connectivity index (χ1v) is 4.06. The number of phenols is 1. The first-order chi connectivity index (χ1) is 6.60. The Hall–Kier alpha value is -1.71. The van der Waals surface area contributed by atoms with Gasteiger partial charge in [0.25, 0.3) is 0 Å². The molecule has 0 atom stereocenters. The summed E-state index contributed by atoms with van der Waals surface area (Å²) in [5, 5.41) is 9.43. The van der Waals surface area contributed by atoms with E-state index in [2.05, 4.69) is 4.74 Å². The van der Waals surface area contributed by atoms with E-state index in [9.17, 15) is 9.90 Å². The highest BCUT2D eigenvalue weighted by molar-refractivity contribution is 5.91. The Balaban J connectivity index is 3.21. The Morgan fingerprint density at radius 3 is 2.50 bits per heavy atom. The summed E-state index contributed by atoms with van der Waals surface area (Å²) in [5.74, 6) is -0.200. The number of hydrogen-bond acceptors (Lipinski definition) is 4. The van der Waals surface area contributed by atoms with Crippen molar-refractivity contribution in [1.82, 2.24) is 0 Å². The lowest BCUT2D eigenvalue weighted by molar-refractivity contribution is 0.0599. The topological polar surface area (TPSA) is 55.8 Å². The Morgan fingerprint density at radius 2 is 2.00 bits per heavy atom. The molecule has 0 spiro atoms. The van der Waals surface area contributed by atoms with Gasteiger partial charge in [-0.15, -0.1) is 0 Å². The first-order valence-electron chi connectivity index (χ1n) is 4.06. The number of ether oxygens (including phenoxy) is 2. The predicted octanol–water partition coefficient (Wildman–Crippen LogP) is 1.50. The van der Waals surface area contributed by atoms with Crippen LogP contribution < -0.4 is 4.74 Å². The highest BCUT2D eigenvalue weighted by Crippen LogP contribution is 2.29. The molecule has 1 aromatic carbocycles. The number of esters is 1. The van der Waals surface area contributed by atoms with Crippen LogP contribution in [0.3, 0.4) is 0 Å². The Labute approximate surface area is 82.1 Å². The van der Waals surface area contributed by atoms with Gasteiger partial charge in [0, 0.05) is 0 Å². The van der Waals surface area contributed by atoms with Gasteiger partial charge in [-0.1, -0.05) is 0 Å². The van der Waals surface area contributed by atoms with Crippen molar-refractivity contribution in [3.05, 3.63) is 23.3 Å². The van der Waals surface area contributed by atoms with Crippen LogP contribution in [0.1, 0.15) is 15.9 Å². The molecule has 0 amide bonds. The molecule has 0 bridgehead atoms. The van der Waals surface area contributed by atoms with Gasteiger partial charge >= 0.3 is 5.97 Å². The average molecular weight is 196 g/mol. The summed E-state index contributed by atoms with van der Waals surface area (Å²) in [7, 11) is 2.75. The second-order valence-electron chi connectivity index (χ2n) is 2.83. The van der Waals surface area contributed by atoms with Crippen molar-refractivity contribution >= 4 is 5.97 Å². The zero-order valence-electron chi connectivity index (χ0n) is 8.33. The minimum absolute atomic E-state index is 0.0708. The van der Waals surface area contributed by atoms with Crippen LogP contribution in [0, 0.1) is 6.92 Å². The molecule has 0 aliphatic heterocycles. The number of hydrogen-bond donors (Lipinski definition) is 1. The van der Waals surface area contributed by atoms with Crippen LogP contribution in [0.25, 0.3) is 0 Å². The molecular formula is C10H12O4. The van der Waals surface area contributed by atoms with E-state index in [1.807, 2.05) is 0 Å². The molecule has 0 aliphatic carbocycles. The highest BCUT2D eigenvalue weighted by Gasteiger charge is 2.13. The van der Waals surface area contributed by atoms with E-state index < -0.39 is 5.97 Å². The molecule has 0 saturated carbocycles. The molecule has 0 aliphatic rings. The summed E-state index contributed by atoms with van der Waals surface area (Å²) >= 11 is 0. The maximum absolute atomic E-state index is 11.2. The van der Waals surface area contributed by atoms with E-state index in [4.69, 9.17) is 4.74 Å². The van der Waals surface area contributed by atoms with E-state index in [-0.39, 0.29) is 5.75 Å². The van der Waals surface area contributed by atoms with Crippen LogP contribution in [0.4, 0.5) is 0 Å². The number of benzene rings is 1. The molecule has 0 fully saturated rings. The third-order valence-corrected chi connectivity index (χ3v) is 1.93. The molecule has 0 aromatic heterocycles. The Bertz CT molecular complexity index is 357. The van der Waals surface area contributed by atoms with Gasteiger partial charge in [0.05, 0.1) is 19.8 Å². The number of aromatic hydroxyl groups is 1. The smallest absolute Gasteiger partial charge is 0.338 e. The Kier molecular flexibility index (Phi) is 2.96. The van der Waals surface area contributed by atoms with Crippen molar-refractivity contribution < 1.29 is 19.4 Å². The molecule has 0 heterocycles. The largest absolute Gasteiger partial charge is 0.504 e.